The highest BCUT2D eigenvalue weighted by molar-refractivity contribution is 7.20. The van der Waals surface area contributed by atoms with E-state index in [1.54, 1.807) is 12.7 Å². The summed E-state index contributed by atoms with van der Waals surface area (Å²) in [4.78, 5) is 20.5. The van der Waals surface area contributed by atoms with Crippen LogP contribution in [0.3, 0.4) is 0 Å². The number of rotatable bonds is 9. The lowest BCUT2D eigenvalue weighted by atomic mass is 9.86. The van der Waals surface area contributed by atoms with E-state index in [4.69, 9.17) is 9.47 Å². The Kier molecular flexibility index (Phi) is 6.08. The van der Waals surface area contributed by atoms with Gasteiger partial charge in [0.05, 0.1) is 22.2 Å². The van der Waals surface area contributed by atoms with Gasteiger partial charge >= 0.3 is 5.97 Å². The summed E-state index contributed by atoms with van der Waals surface area (Å²) in [7, 11) is 0. The van der Waals surface area contributed by atoms with E-state index in [0.717, 1.165) is 42.3 Å². The lowest BCUT2D eigenvalue weighted by Gasteiger charge is -2.25. The average molecular weight is 415 g/mol. The highest BCUT2D eigenvalue weighted by atomic mass is 32.1. The third-order valence-electron chi connectivity index (χ3n) is 5.77. The maximum atomic E-state index is 11.8. The molecule has 1 atom stereocenters. The van der Waals surface area contributed by atoms with E-state index in [1.165, 1.54) is 16.9 Å². The Morgan fingerprint density at radius 1 is 1.31 bits per heavy atom. The van der Waals surface area contributed by atoms with Gasteiger partial charge < -0.3 is 9.47 Å². The molecule has 0 aliphatic heterocycles. The minimum atomic E-state index is -0.166. The predicted octanol–water partition coefficient (Wildman–Crippen LogP) is 4.59. The molecule has 1 aromatic carbocycles. The fourth-order valence-corrected chi connectivity index (χ4v) is 4.66. The highest BCUT2D eigenvalue weighted by Crippen LogP contribution is 2.35. The minimum absolute atomic E-state index is 0.0512. The summed E-state index contributed by atoms with van der Waals surface area (Å²) in [5, 5.41) is 4.91. The molecule has 154 valence electrons. The van der Waals surface area contributed by atoms with Gasteiger partial charge in [-0.05, 0) is 36.5 Å². The molecule has 8 heteroatoms. The zero-order valence-corrected chi connectivity index (χ0v) is 17.6. The fourth-order valence-electron chi connectivity index (χ4n) is 3.80. The summed E-state index contributed by atoms with van der Waals surface area (Å²) in [6.45, 7) is 4.33. The van der Waals surface area contributed by atoms with Crippen LogP contribution in [0.1, 0.15) is 57.6 Å². The number of carbonyl (C=O) groups is 1. The van der Waals surface area contributed by atoms with Crippen molar-refractivity contribution in [2.75, 3.05) is 6.79 Å². The minimum Gasteiger partial charge on any atom is -0.432 e. The normalized spacial score (nSPS) is 15.4. The Morgan fingerprint density at radius 3 is 2.79 bits per heavy atom. The molecule has 1 fully saturated rings. The van der Waals surface area contributed by atoms with Crippen molar-refractivity contribution in [1.29, 1.82) is 0 Å². The second kappa shape index (κ2) is 8.90. The van der Waals surface area contributed by atoms with Crippen molar-refractivity contribution in [2.24, 2.45) is 11.8 Å². The molecule has 2 aromatic heterocycles. The summed E-state index contributed by atoms with van der Waals surface area (Å²) < 4.78 is 13.8. The molecule has 2 heterocycles. The van der Waals surface area contributed by atoms with Gasteiger partial charge in [0.25, 0.3) is 5.19 Å². The fraction of sp³-hybridized carbons (Fsp3) is 0.524. The first-order valence-corrected chi connectivity index (χ1v) is 11.0. The smallest absolute Gasteiger partial charge is 0.311 e. The summed E-state index contributed by atoms with van der Waals surface area (Å²) in [6.07, 6.45) is 8.43. The summed E-state index contributed by atoms with van der Waals surface area (Å²) in [6, 6.07) is 6.41. The third kappa shape index (κ3) is 4.27. The molecule has 0 saturated heterocycles. The van der Waals surface area contributed by atoms with Crippen molar-refractivity contribution >= 4 is 27.5 Å². The van der Waals surface area contributed by atoms with E-state index in [1.807, 2.05) is 10.7 Å². The molecule has 0 N–H and O–H groups in total. The number of nitrogens with zero attached hydrogens (tertiary/aromatic N) is 4. The second-order valence-electron chi connectivity index (χ2n) is 7.46. The molecular formula is C21H26N4O3S. The number of benzene rings is 1. The molecular weight excluding hydrogens is 388 g/mol. The largest absolute Gasteiger partial charge is 0.432 e. The Labute approximate surface area is 174 Å². The van der Waals surface area contributed by atoms with Crippen LogP contribution in [0.2, 0.25) is 0 Å². The quantitative estimate of drug-likeness (QED) is 0.376. The van der Waals surface area contributed by atoms with Crippen molar-refractivity contribution in [1.82, 2.24) is 19.7 Å². The third-order valence-corrected chi connectivity index (χ3v) is 6.70. The van der Waals surface area contributed by atoms with E-state index in [2.05, 4.69) is 41.0 Å². The molecule has 29 heavy (non-hydrogen) atoms. The van der Waals surface area contributed by atoms with E-state index < -0.39 is 0 Å². The predicted molar refractivity (Wildman–Crippen MR) is 111 cm³/mol. The van der Waals surface area contributed by atoms with E-state index in [-0.39, 0.29) is 24.7 Å². The van der Waals surface area contributed by atoms with Gasteiger partial charge in [0, 0.05) is 0 Å². The second-order valence-corrected chi connectivity index (χ2v) is 8.45. The Balaban J connectivity index is 1.50. The van der Waals surface area contributed by atoms with Gasteiger partial charge in [-0.2, -0.15) is 5.10 Å². The summed E-state index contributed by atoms with van der Waals surface area (Å²) >= 11 is 1.46. The van der Waals surface area contributed by atoms with Crippen molar-refractivity contribution < 1.29 is 14.3 Å². The molecule has 0 amide bonds. The zero-order valence-electron chi connectivity index (χ0n) is 16.8. The first-order chi connectivity index (χ1) is 14.2. The number of ether oxygens (including phenoxy) is 2. The average Bonchev–Trinajstić information content (AvgIpc) is 3.33. The van der Waals surface area contributed by atoms with Gasteiger partial charge in [0.15, 0.2) is 0 Å². The Hall–Kier alpha value is -2.48. The molecule has 1 aliphatic carbocycles. The topological polar surface area (TPSA) is 79.1 Å². The molecule has 1 saturated carbocycles. The van der Waals surface area contributed by atoms with Gasteiger partial charge in [0.2, 0.25) is 6.79 Å². The van der Waals surface area contributed by atoms with Crippen LogP contribution >= 0.6 is 11.3 Å². The van der Waals surface area contributed by atoms with Crippen LogP contribution < -0.4 is 4.74 Å². The van der Waals surface area contributed by atoms with Gasteiger partial charge in [-0.25, -0.2) is 14.6 Å². The molecule has 0 bridgehead atoms. The highest BCUT2D eigenvalue weighted by Gasteiger charge is 2.27. The van der Waals surface area contributed by atoms with Crippen molar-refractivity contribution in [2.45, 2.75) is 52.0 Å². The lowest BCUT2D eigenvalue weighted by molar-refractivity contribution is -0.158. The number of aromatic nitrogens is 4. The van der Waals surface area contributed by atoms with Crippen LogP contribution in [-0.4, -0.2) is 32.5 Å². The van der Waals surface area contributed by atoms with Crippen LogP contribution in [0.25, 0.3) is 10.2 Å². The lowest BCUT2D eigenvalue weighted by Crippen LogP contribution is -2.25. The maximum Gasteiger partial charge on any atom is 0.311 e. The molecule has 7 nitrogen and oxygen atoms in total. The number of hydrogen-bond acceptors (Lipinski definition) is 7. The van der Waals surface area contributed by atoms with E-state index in [9.17, 15) is 4.79 Å². The number of carbonyl (C=O) groups excluding carboxylic acids is 1. The first kappa shape index (κ1) is 19.8. The van der Waals surface area contributed by atoms with Crippen molar-refractivity contribution in [3.63, 3.8) is 0 Å². The van der Waals surface area contributed by atoms with Crippen molar-refractivity contribution in [3.8, 4) is 5.19 Å². The summed E-state index contributed by atoms with van der Waals surface area (Å²) in [5.74, 6) is 0.347. The molecule has 0 spiro atoms. The Bertz CT molecular complexity index is 948. The number of thiazole rings is 1. The monoisotopic (exact) mass is 414 g/mol. The molecule has 1 unspecified atom stereocenters. The maximum absolute atomic E-state index is 11.8. The summed E-state index contributed by atoms with van der Waals surface area (Å²) in [5.41, 5.74) is 2.06. The van der Waals surface area contributed by atoms with Crippen LogP contribution in [-0.2, 0) is 9.53 Å². The SMILES string of the molecule is CCC(CC)C(c1ccc2nc(OCOC(=O)C3CCC3)sc2c1)n1cncn1. The van der Waals surface area contributed by atoms with Crippen LogP contribution in [0.15, 0.2) is 30.9 Å². The van der Waals surface area contributed by atoms with Gasteiger partial charge in [-0.3, -0.25) is 4.79 Å². The number of esters is 1. The molecule has 4 rings (SSSR count). The van der Waals surface area contributed by atoms with Crippen LogP contribution in [0.5, 0.6) is 5.19 Å². The van der Waals surface area contributed by atoms with E-state index >= 15 is 0 Å². The molecule has 1 aliphatic rings. The molecule has 0 radical (unpaired) electrons. The van der Waals surface area contributed by atoms with Crippen molar-refractivity contribution in [3.05, 3.63) is 36.4 Å². The zero-order chi connectivity index (χ0) is 20.2. The number of fused-ring (bicyclic) bond motifs is 1. The number of hydrogen-bond donors (Lipinski definition) is 0. The first-order valence-electron chi connectivity index (χ1n) is 10.2. The van der Waals surface area contributed by atoms with Gasteiger partial charge in [0.1, 0.15) is 12.7 Å². The van der Waals surface area contributed by atoms with Gasteiger partial charge in [-0.15, -0.1) is 0 Å². The standard InChI is InChI=1S/C21H26N4O3S/c1-3-14(4-2)19(25-12-22-11-23-25)16-8-9-17-18(10-16)29-21(24-17)28-13-27-20(26)15-6-5-7-15/h8-12,14-15,19H,3-7,13H2,1-2H3. The Morgan fingerprint density at radius 2 is 2.14 bits per heavy atom. The molecule has 3 aromatic rings. The van der Waals surface area contributed by atoms with Crippen LogP contribution in [0.4, 0.5) is 0 Å². The van der Waals surface area contributed by atoms with Crippen LogP contribution in [0, 0.1) is 11.8 Å². The van der Waals surface area contributed by atoms with E-state index in [0.29, 0.717) is 11.1 Å². The van der Waals surface area contributed by atoms with Gasteiger partial charge in [-0.1, -0.05) is 50.5 Å².